The highest BCUT2D eigenvalue weighted by atomic mass is 16.5. The zero-order valence-electron chi connectivity index (χ0n) is 13.0. The topological polar surface area (TPSA) is 41.6 Å². The SMILES string of the molecule is CCCN(CC)CC(NCC)(C(=O)OCC)C1CC1. The van der Waals surface area contributed by atoms with E-state index < -0.39 is 5.54 Å². The van der Waals surface area contributed by atoms with Crippen LogP contribution in [0.25, 0.3) is 0 Å². The summed E-state index contributed by atoms with van der Waals surface area (Å²) in [5, 5.41) is 3.45. The molecule has 0 saturated heterocycles. The number of ether oxygens (including phenoxy) is 1. The van der Waals surface area contributed by atoms with E-state index >= 15 is 0 Å². The number of carbonyl (C=O) groups is 1. The second kappa shape index (κ2) is 7.85. The molecule has 0 radical (unpaired) electrons. The van der Waals surface area contributed by atoms with Crippen LogP contribution in [0.15, 0.2) is 0 Å². The van der Waals surface area contributed by atoms with Crippen molar-refractivity contribution in [3.63, 3.8) is 0 Å². The summed E-state index contributed by atoms with van der Waals surface area (Å²) in [7, 11) is 0. The molecule has 4 heteroatoms. The summed E-state index contributed by atoms with van der Waals surface area (Å²) in [6.45, 7) is 12.3. The average Bonchev–Trinajstić information content (AvgIpc) is 3.22. The Balaban J connectivity index is 2.85. The quantitative estimate of drug-likeness (QED) is 0.617. The Morgan fingerprint density at radius 3 is 2.42 bits per heavy atom. The minimum absolute atomic E-state index is 0.0612. The molecule has 1 rings (SSSR count). The zero-order valence-corrected chi connectivity index (χ0v) is 13.0. The van der Waals surface area contributed by atoms with Crippen LogP contribution in [-0.2, 0) is 9.53 Å². The summed E-state index contributed by atoms with van der Waals surface area (Å²) in [5.74, 6) is 0.381. The summed E-state index contributed by atoms with van der Waals surface area (Å²) in [4.78, 5) is 14.8. The molecule has 4 nitrogen and oxygen atoms in total. The van der Waals surface area contributed by atoms with Crippen LogP contribution < -0.4 is 5.32 Å². The molecule has 112 valence electrons. The highest BCUT2D eigenvalue weighted by Gasteiger charge is 2.52. The Morgan fingerprint density at radius 2 is 2.00 bits per heavy atom. The van der Waals surface area contributed by atoms with Crippen LogP contribution in [0.3, 0.4) is 0 Å². The predicted molar refractivity (Wildman–Crippen MR) is 78.2 cm³/mol. The van der Waals surface area contributed by atoms with Gasteiger partial charge >= 0.3 is 5.97 Å². The highest BCUT2D eigenvalue weighted by molar-refractivity contribution is 5.82. The second-order valence-corrected chi connectivity index (χ2v) is 5.37. The van der Waals surface area contributed by atoms with Gasteiger partial charge in [0, 0.05) is 6.54 Å². The molecule has 0 amide bonds. The molecule has 1 atom stereocenters. The third-order valence-electron chi connectivity index (χ3n) is 3.87. The minimum Gasteiger partial charge on any atom is -0.465 e. The molecule has 1 unspecified atom stereocenters. The van der Waals surface area contributed by atoms with Gasteiger partial charge in [0.2, 0.25) is 0 Å². The van der Waals surface area contributed by atoms with Gasteiger partial charge in [-0.3, -0.25) is 0 Å². The number of likely N-dealkylation sites (N-methyl/N-ethyl adjacent to an activating group) is 2. The van der Waals surface area contributed by atoms with Crippen LogP contribution in [0.5, 0.6) is 0 Å². The summed E-state index contributed by atoms with van der Waals surface area (Å²) < 4.78 is 5.36. The summed E-state index contributed by atoms with van der Waals surface area (Å²) in [5.41, 5.74) is -0.490. The van der Waals surface area contributed by atoms with E-state index in [0.29, 0.717) is 12.5 Å². The van der Waals surface area contributed by atoms with Crippen LogP contribution in [0, 0.1) is 5.92 Å². The van der Waals surface area contributed by atoms with Crippen molar-refractivity contribution >= 4 is 5.97 Å². The van der Waals surface area contributed by atoms with Gasteiger partial charge < -0.3 is 15.0 Å². The van der Waals surface area contributed by atoms with E-state index in [1.165, 1.54) is 0 Å². The van der Waals surface area contributed by atoms with Crippen molar-refractivity contribution in [2.45, 2.75) is 52.5 Å². The number of hydrogen-bond acceptors (Lipinski definition) is 4. The molecular formula is C15H30N2O2. The lowest BCUT2D eigenvalue weighted by atomic mass is 9.92. The lowest BCUT2D eigenvalue weighted by Crippen LogP contribution is -2.61. The molecule has 0 spiro atoms. The maximum absolute atomic E-state index is 12.5. The number of carbonyl (C=O) groups excluding carboxylic acids is 1. The van der Waals surface area contributed by atoms with Crippen LogP contribution >= 0.6 is 0 Å². The van der Waals surface area contributed by atoms with Crippen LogP contribution in [0.2, 0.25) is 0 Å². The smallest absolute Gasteiger partial charge is 0.327 e. The molecule has 0 aromatic heterocycles. The van der Waals surface area contributed by atoms with Gasteiger partial charge in [0.1, 0.15) is 5.54 Å². The third-order valence-corrected chi connectivity index (χ3v) is 3.87. The molecule has 19 heavy (non-hydrogen) atoms. The Bertz CT molecular complexity index is 279. The van der Waals surface area contributed by atoms with Crippen LogP contribution in [0.1, 0.15) is 47.0 Å². The van der Waals surface area contributed by atoms with Crippen molar-refractivity contribution < 1.29 is 9.53 Å². The summed E-state index contributed by atoms with van der Waals surface area (Å²) in [6.07, 6.45) is 3.38. The van der Waals surface area contributed by atoms with Crippen molar-refractivity contribution in [3.05, 3.63) is 0 Å². The van der Waals surface area contributed by atoms with Gasteiger partial charge in [-0.2, -0.15) is 0 Å². The van der Waals surface area contributed by atoms with Gasteiger partial charge in [-0.25, -0.2) is 4.79 Å². The van der Waals surface area contributed by atoms with Crippen molar-refractivity contribution in [3.8, 4) is 0 Å². The molecule has 0 heterocycles. The molecular weight excluding hydrogens is 240 g/mol. The average molecular weight is 270 g/mol. The summed E-state index contributed by atoms with van der Waals surface area (Å²) >= 11 is 0. The predicted octanol–water partition coefficient (Wildman–Crippen LogP) is 2.04. The van der Waals surface area contributed by atoms with Crippen molar-refractivity contribution in [1.82, 2.24) is 10.2 Å². The molecule has 1 N–H and O–H groups in total. The van der Waals surface area contributed by atoms with E-state index in [9.17, 15) is 4.79 Å². The van der Waals surface area contributed by atoms with Gasteiger partial charge in [-0.05, 0) is 51.7 Å². The monoisotopic (exact) mass is 270 g/mol. The fourth-order valence-electron chi connectivity index (χ4n) is 2.80. The molecule has 0 aliphatic heterocycles. The fourth-order valence-corrected chi connectivity index (χ4v) is 2.80. The summed E-state index contributed by atoms with van der Waals surface area (Å²) in [6, 6.07) is 0. The van der Waals surface area contributed by atoms with Crippen LogP contribution in [-0.4, -0.2) is 49.2 Å². The molecule has 1 aliphatic carbocycles. The zero-order chi connectivity index (χ0) is 14.3. The van der Waals surface area contributed by atoms with E-state index in [0.717, 1.165) is 45.4 Å². The Kier molecular flexibility index (Phi) is 6.80. The van der Waals surface area contributed by atoms with Crippen molar-refractivity contribution in [2.24, 2.45) is 5.92 Å². The van der Waals surface area contributed by atoms with Crippen molar-refractivity contribution in [1.29, 1.82) is 0 Å². The maximum atomic E-state index is 12.5. The number of esters is 1. The fraction of sp³-hybridized carbons (Fsp3) is 0.933. The molecule has 1 aliphatic rings. The number of rotatable bonds is 10. The Morgan fingerprint density at radius 1 is 1.32 bits per heavy atom. The van der Waals surface area contributed by atoms with E-state index in [4.69, 9.17) is 4.74 Å². The molecule has 1 fully saturated rings. The number of nitrogens with one attached hydrogen (secondary N) is 1. The first-order valence-corrected chi connectivity index (χ1v) is 7.79. The number of hydrogen-bond donors (Lipinski definition) is 1. The highest BCUT2D eigenvalue weighted by Crippen LogP contribution is 2.41. The van der Waals surface area contributed by atoms with Gasteiger partial charge in [0.15, 0.2) is 0 Å². The first kappa shape index (κ1) is 16.4. The van der Waals surface area contributed by atoms with Crippen molar-refractivity contribution in [2.75, 3.05) is 32.8 Å². The normalized spacial score (nSPS) is 18.4. The first-order chi connectivity index (χ1) is 9.14. The first-order valence-electron chi connectivity index (χ1n) is 7.79. The van der Waals surface area contributed by atoms with Gasteiger partial charge in [0.25, 0.3) is 0 Å². The molecule has 0 aromatic rings. The second-order valence-electron chi connectivity index (χ2n) is 5.37. The number of nitrogens with zero attached hydrogens (tertiary/aromatic N) is 1. The molecule has 1 saturated carbocycles. The largest absolute Gasteiger partial charge is 0.465 e. The van der Waals surface area contributed by atoms with Gasteiger partial charge in [-0.1, -0.05) is 20.8 Å². The van der Waals surface area contributed by atoms with Crippen LogP contribution in [0.4, 0.5) is 0 Å². The van der Waals surface area contributed by atoms with E-state index in [1.807, 2.05) is 6.92 Å². The van der Waals surface area contributed by atoms with Gasteiger partial charge in [0.05, 0.1) is 6.61 Å². The van der Waals surface area contributed by atoms with E-state index in [-0.39, 0.29) is 5.97 Å². The maximum Gasteiger partial charge on any atom is 0.327 e. The van der Waals surface area contributed by atoms with Gasteiger partial charge in [-0.15, -0.1) is 0 Å². The Hall–Kier alpha value is -0.610. The van der Waals surface area contributed by atoms with E-state index in [1.54, 1.807) is 0 Å². The molecule has 0 aromatic carbocycles. The standard InChI is InChI=1S/C15H30N2O2/c1-5-11-17(7-3)12-15(16-6-2,13-9-10-13)14(18)19-8-4/h13,16H,5-12H2,1-4H3. The van der Waals surface area contributed by atoms with E-state index in [2.05, 4.69) is 31.0 Å². The molecule has 0 bridgehead atoms. The lowest BCUT2D eigenvalue weighted by molar-refractivity contribution is -0.153. The Labute approximate surface area is 117 Å². The third kappa shape index (κ3) is 4.18. The minimum atomic E-state index is -0.490. The lowest BCUT2D eigenvalue weighted by Gasteiger charge is -2.37.